The van der Waals surface area contributed by atoms with Crippen molar-refractivity contribution < 1.29 is 33.3 Å². The van der Waals surface area contributed by atoms with E-state index in [-0.39, 0.29) is 12.3 Å². The second-order valence-electron chi connectivity index (χ2n) is 8.36. The Labute approximate surface area is 230 Å². The highest BCUT2D eigenvalue weighted by Gasteiger charge is 2.15. The van der Waals surface area contributed by atoms with Crippen molar-refractivity contribution in [1.29, 1.82) is 0 Å². The number of hydrogen-bond donors (Lipinski definition) is 2. The van der Waals surface area contributed by atoms with Gasteiger partial charge in [-0.2, -0.15) is 5.10 Å². The van der Waals surface area contributed by atoms with E-state index >= 15 is 0 Å². The number of methoxy groups -OCH3 is 3. The molecule has 4 aromatic carbocycles. The van der Waals surface area contributed by atoms with Gasteiger partial charge in [0.05, 0.1) is 39.7 Å². The zero-order valence-electron chi connectivity index (χ0n) is 22.1. The number of esters is 1. The molecular formula is C30H27N3O7. The molecule has 0 aliphatic carbocycles. The Morgan fingerprint density at radius 1 is 0.775 bits per heavy atom. The Hall–Kier alpha value is -5.38. The number of carbonyl (C=O) groups excluding carboxylic acids is 3. The summed E-state index contributed by atoms with van der Waals surface area (Å²) in [4.78, 5) is 37.6. The fraction of sp³-hybridized carbons (Fsp3) is 0.133. The molecule has 0 heterocycles. The van der Waals surface area contributed by atoms with E-state index in [2.05, 4.69) is 15.8 Å². The minimum Gasteiger partial charge on any atom is -0.497 e. The van der Waals surface area contributed by atoms with Gasteiger partial charge in [-0.15, -0.1) is 0 Å². The van der Waals surface area contributed by atoms with Crippen LogP contribution >= 0.6 is 0 Å². The van der Waals surface area contributed by atoms with E-state index < -0.39 is 17.8 Å². The summed E-state index contributed by atoms with van der Waals surface area (Å²) in [7, 11) is 4.50. The summed E-state index contributed by atoms with van der Waals surface area (Å²) >= 11 is 0. The molecule has 0 unspecified atom stereocenters. The zero-order chi connectivity index (χ0) is 28.5. The number of fused-ring (bicyclic) bond motifs is 1. The molecule has 0 atom stereocenters. The number of rotatable bonds is 10. The first-order valence-corrected chi connectivity index (χ1v) is 12.1. The molecule has 4 rings (SSSR count). The maximum Gasteiger partial charge on any atom is 0.343 e. The lowest BCUT2D eigenvalue weighted by Gasteiger charge is -2.11. The lowest BCUT2D eigenvalue weighted by atomic mass is 10.0. The fourth-order valence-corrected chi connectivity index (χ4v) is 3.83. The first-order valence-electron chi connectivity index (χ1n) is 12.1. The molecular weight excluding hydrogens is 514 g/mol. The lowest BCUT2D eigenvalue weighted by molar-refractivity contribution is -0.120. The summed E-state index contributed by atoms with van der Waals surface area (Å²) in [5, 5.41) is 8.22. The quantitative estimate of drug-likeness (QED) is 0.135. The normalized spacial score (nSPS) is 10.7. The number of amides is 2. The molecule has 0 aliphatic rings. The van der Waals surface area contributed by atoms with Gasteiger partial charge in [-0.3, -0.25) is 9.59 Å². The highest BCUT2D eigenvalue weighted by atomic mass is 16.5. The average molecular weight is 542 g/mol. The van der Waals surface area contributed by atoms with Gasteiger partial charge in [0.1, 0.15) is 11.5 Å². The van der Waals surface area contributed by atoms with E-state index in [4.69, 9.17) is 18.9 Å². The van der Waals surface area contributed by atoms with Crippen molar-refractivity contribution in [2.75, 3.05) is 27.9 Å². The van der Waals surface area contributed by atoms with Gasteiger partial charge in [-0.1, -0.05) is 30.3 Å². The van der Waals surface area contributed by atoms with Gasteiger partial charge in [0, 0.05) is 11.1 Å². The van der Waals surface area contributed by atoms with Crippen LogP contribution in [-0.2, 0) is 4.79 Å². The molecule has 0 saturated carbocycles. The zero-order valence-corrected chi connectivity index (χ0v) is 22.1. The molecule has 2 N–H and O–H groups in total. The second kappa shape index (κ2) is 12.9. The Kier molecular flexibility index (Phi) is 8.93. The van der Waals surface area contributed by atoms with Gasteiger partial charge in [-0.05, 0) is 59.3 Å². The lowest BCUT2D eigenvalue weighted by Crippen LogP contribution is -2.34. The molecule has 0 radical (unpaired) electrons. The molecule has 204 valence electrons. The predicted octanol–water partition coefficient (Wildman–Crippen LogP) is 3.96. The number of benzene rings is 4. The van der Waals surface area contributed by atoms with Crippen LogP contribution in [0.1, 0.15) is 26.3 Å². The van der Waals surface area contributed by atoms with Gasteiger partial charge < -0.3 is 24.3 Å². The fourth-order valence-electron chi connectivity index (χ4n) is 3.83. The second-order valence-corrected chi connectivity index (χ2v) is 8.36. The summed E-state index contributed by atoms with van der Waals surface area (Å²) in [6.45, 7) is -0.320. The van der Waals surface area contributed by atoms with E-state index in [0.717, 1.165) is 10.8 Å². The minimum absolute atomic E-state index is 0.263. The molecule has 0 spiro atoms. The van der Waals surface area contributed by atoms with Crippen LogP contribution < -0.4 is 29.7 Å². The Morgan fingerprint density at radius 2 is 1.48 bits per heavy atom. The Bertz CT molecular complexity index is 1570. The van der Waals surface area contributed by atoms with E-state index in [1.807, 2.05) is 30.3 Å². The maximum atomic E-state index is 12.8. The van der Waals surface area contributed by atoms with Crippen LogP contribution in [0.25, 0.3) is 10.8 Å². The summed E-state index contributed by atoms with van der Waals surface area (Å²) < 4.78 is 21.2. The smallest absolute Gasteiger partial charge is 0.343 e. The van der Waals surface area contributed by atoms with E-state index in [0.29, 0.717) is 33.9 Å². The molecule has 0 aromatic heterocycles. The standard InChI is InChI=1S/C30H27N3O7/c1-37-22-12-8-20(9-13-22)30(36)40-25-14-10-19-6-4-5-7-23(19)24(25)17-32-33-28(34)18-31-29(35)21-11-15-26(38-2)27(16-21)39-3/h4-17H,18H2,1-3H3,(H,31,35)(H,33,34). The Morgan fingerprint density at radius 3 is 2.20 bits per heavy atom. The third kappa shape index (κ3) is 6.54. The number of carbonyl (C=O) groups is 3. The van der Waals surface area contributed by atoms with Crippen molar-refractivity contribution in [3.63, 3.8) is 0 Å². The summed E-state index contributed by atoms with van der Waals surface area (Å²) in [6.07, 6.45) is 1.40. The maximum absolute atomic E-state index is 12.8. The first-order chi connectivity index (χ1) is 19.4. The van der Waals surface area contributed by atoms with Crippen molar-refractivity contribution in [3.8, 4) is 23.0 Å². The molecule has 0 saturated heterocycles. The van der Waals surface area contributed by atoms with Crippen LogP contribution in [0.15, 0.2) is 84.0 Å². The molecule has 0 fully saturated rings. The molecule has 0 aliphatic heterocycles. The minimum atomic E-state index is -0.561. The molecule has 10 heteroatoms. The van der Waals surface area contributed by atoms with Gasteiger partial charge in [0.25, 0.3) is 11.8 Å². The molecule has 0 bridgehead atoms. The van der Waals surface area contributed by atoms with Crippen molar-refractivity contribution in [1.82, 2.24) is 10.7 Å². The van der Waals surface area contributed by atoms with Crippen LogP contribution in [0.5, 0.6) is 23.0 Å². The number of nitrogens with zero attached hydrogens (tertiary/aromatic N) is 1. The number of nitrogens with one attached hydrogen (secondary N) is 2. The Balaban J connectivity index is 1.44. The molecule has 40 heavy (non-hydrogen) atoms. The summed E-state index contributed by atoms with van der Waals surface area (Å²) in [5.74, 6) is 0.167. The van der Waals surface area contributed by atoms with Gasteiger partial charge in [0.15, 0.2) is 11.5 Å². The summed E-state index contributed by atoms with van der Waals surface area (Å²) in [5.41, 5.74) is 3.52. The van der Waals surface area contributed by atoms with Crippen LogP contribution in [0, 0.1) is 0 Å². The number of ether oxygens (including phenoxy) is 4. The van der Waals surface area contributed by atoms with E-state index in [9.17, 15) is 14.4 Å². The average Bonchev–Trinajstić information content (AvgIpc) is 3.00. The van der Waals surface area contributed by atoms with Crippen molar-refractivity contribution in [3.05, 3.63) is 95.6 Å². The van der Waals surface area contributed by atoms with Crippen molar-refractivity contribution in [2.24, 2.45) is 5.10 Å². The van der Waals surface area contributed by atoms with Gasteiger partial charge in [-0.25, -0.2) is 10.2 Å². The van der Waals surface area contributed by atoms with Crippen LogP contribution in [0.2, 0.25) is 0 Å². The third-order valence-electron chi connectivity index (χ3n) is 5.90. The largest absolute Gasteiger partial charge is 0.497 e. The van der Waals surface area contributed by atoms with Gasteiger partial charge in [0.2, 0.25) is 0 Å². The highest BCUT2D eigenvalue weighted by molar-refractivity contribution is 6.04. The van der Waals surface area contributed by atoms with E-state index in [1.165, 1.54) is 26.5 Å². The van der Waals surface area contributed by atoms with Crippen LogP contribution in [-0.4, -0.2) is 51.9 Å². The monoisotopic (exact) mass is 541 g/mol. The van der Waals surface area contributed by atoms with Crippen molar-refractivity contribution in [2.45, 2.75) is 0 Å². The van der Waals surface area contributed by atoms with E-state index in [1.54, 1.807) is 49.6 Å². The van der Waals surface area contributed by atoms with Crippen molar-refractivity contribution >= 4 is 34.8 Å². The SMILES string of the molecule is COc1ccc(C(=O)Oc2ccc3ccccc3c2C=NNC(=O)CNC(=O)c2ccc(OC)c(OC)c2)cc1. The predicted molar refractivity (Wildman–Crippen MR) is 150 cm³/mol. The van der Waals surface area contributed by atoms with Crippen LogP contribution in [0.3, 0.4) is 0 Å². The first kappa shape index (κ1) is 27.6. The highest BCUT2D eigenvalue weighted by Crippen LogP contribution is 2.28. The molecule has 10 nitrogen and oxygen atoms in total. The van der Waals surface area contributed by atoms with Crippen LogP contribution in [0.4, 0.5) is 0 Å². The third-order valence-corrected chi connectivity index (χ3v) is 5.90. The van der Waals surface area contributed by atoms with Gasteiger partial charge >= 0.3 is 5.97 Å². The summed E-state index contributed by atoms with van der Waals surface area (Å²) in [6, 6.07) is 22.2. The molecule has 2 amide bonds. The number of hydrazone groups is 1. The number of hydrogen-bond acceptors (Lipinski definition) is 8. The topological polar surface area (TPSA) is 125 Å². The molecule has 4 aromatic rings.